The quantitative estimate of drug-likeness (QED) is 0.766. The van der Waals surface area contributed by atoms with Crippen LogP contribution in [0.15, 0.2) is 23.1 Å². The SMILES string of the molecule is CCCC(=O)N1CCN(S(=O)(=O)c2ccc(OCC)c(Cl)c2)CC1. The van der Waals surface area contributed by atoms with Gasteiger partial charge in [0.05, 0.1) is 16.5 Å². The van der Waals surface area contributed by atoms with Crippen molar-refractivity contribution in [2.45, 2.75) is 31.6 Å². The van der Waals surface area contributed by atoms with Crippen LogP contribution in [0.4, 0.5) is 0 Å². The summed E-state index contributed by atoms with van der Waals surface area (Å²) in [7, 11) is -3.62. The predicted octanol–water partition coefficient (Wildman–Crippen LogP) is 2.37. The molecule has 2 rings (SSSR count). The number of benzene rings is 1. The second kappa shape index (κ2) is 8.18. The van der Waals surface area contributed by atoms with Crippen molar-refractivity contribution in [1.82, 2.24) is 9.21 Å². The summed E-state index contributed by atoms with van der Waals surface area (Å²) in [5.41, 5.74) is 0. The molecule has 0 aromatic heterocycles. The molecule has 1 aromatic rings. The molecule has 1 aromatic carbocycles. The molecule has 0 spiro atoms. The largest absolute Gasteiger partial charge is 0.492 e. The molecule has 0 saturated carbocycles. The molecule has 1 saturated heterocycles. The molecule has 1 amide bonds. The van der Waals surface area contributed by atoms with Crippen molar-refractivity contribution in [3.63, 3.8) is 0 Å². The first kappa shape index (κ1) is 19.0. The molecule has 1 aliphatic heterocycles. The highest BCUT2D eigenvalue weighted by molar-refractivity contribution is 7.89. The fourth-order valence-electron chi connectivity index (χ4n) is 2.61. The summed E-state index contributed by atoms with van der Waals surface area (Å²) >= 11 is 6.09. The molecule has 134 valence electrons. The van der Waals surface area contributed by atoms with Gasteiger partial charge in [0.15, 0.2) is 0 Å². The Bertz CT molecular complexity index is 685. The third-order valence-corrected chi connectivity index (χ3v) is 6.09. The van der Waals surface area contributed by atoms with E-state index in [0.29, 0.717) is 45.0 Å². The minimum Gasteiger partial charge on any atom is -0.492 e. The first-order valence-electron chi connectivity index (χ1n) is 8.10. The molecule has 6 nitrogen and oxygen atoms in total. The molecule has 24 heavy (non-hydrogen) atoms. The maximum absolute atomic E-state index is 12.7. The smallest absolute Gasteiger partial charge is 0.243 e. The number of rotatable bonds is 6. The van der Waals surface area contributed by atoms with Crippen molar-refractivity contribution in [3.05, 3.63) is 23.2 Å². The number of amides is 1. The van der Waals surface area contributed by atoms with E-state index in [0.717, 1.165) is 6.42 Å². The minimum absolute atomic E-state index is 0.0821. The van der Waals surface area contributed by atoms with Crippen LogP contribution in [-0.4, -0.2) is 56.3 Å². The number of halogens is 1. The molecule has 1 heterocycles. The Kier molecular flexibility index (Phi) is 6.48. The molecule has 0 unspecified atom stereocenters. The van der Waals surface area contributed by atoms with E-state index < -0.39 is 10.0 Å². The van der Waals surface area contributed by atoms with Crippen molar-refractivity contribution in [2.24, 2.45) is 0 Å². The van der Waals surface area contributed by atoms with Crippen molar-refractivity contribution < 1.29 is 17.9 Å². The summed E-state index contributed by atoms with van der Waals surface area (Å²) in [6.45, 7) is 5.67. The van der Waals surface area contributed by atoms with Crippen LogP contribution in [0.5, 0.6) is 5.75 Å². The van der Waals surface area contributed by atoms with Gasteiger partial charge in [-0.3, -0.25) is 4.79 Å². The van der Waals surface area contributed by atoms with Crippen molar-refractivity contribution >= 4 is 27.5 Å². The highest BCUT2D eigenvalue weighted by Gasteiger charge is 2.30. The lowest BCUT2D eigenvalue weighted by atomic mass is 10.2. The van der Waals surface area contributed by atoms with Crippen LogP contribution < -0.4 is 4.74 Å². The Morgan fingerprint density at radius 3 is 2.42 bits per heavy atom. The zero-order chi connectivity index (χ0) is 17.7. The van der Waals surface area contributed by atoms with E-state index >= 15 is 0 Å². The molecular formula is C16H23ClN2O4S. The maximum atomic E-state index is 12.7. The van der Waals surface area contributed by atoms with Crippen molar-refractivity contribution in [1.29, 1.82) is 0 Å². The van der Waals surface area contributed by atoms with Crippen LogP contribution in [0.3, 0.4) is 0 Å². The number of hydrogen-bond acceptors (Lipinski definition) is 4. The van der Waals surface area contributed by atoms with Crippen LogP contribution >= 0.6 is 11.6 Å². The molecule has 1 fully saturated rings. The van der Waals surface area contributed by atoms with E-state index in [1.807, 2.05) is 13.8 Å². The van der Waals surface area contributed by atoms with E-state index in [4.69, 9.17) is 16.3 Å². The van der Waals surface area contributed by atoms with Gasteiger partial charge in [0.2, 0.25) is 15.9 Å². The topological polar surface area (TPSA) is 66.9 Å². The Morgan fingerprint density at radius 2 is 1.88 bits per heavy atom. The Morgan fingerprint density at radius 1 is 1.21 bits per heavy atom. The zero-order valence-corrected chi connectivity index (χ0v) is 15.6. The first-order chi connectivity index (χ1) is 11.4. The number of carbonyl (C=O) groups excluding carboxylic acids is 1. The summed E-state index contributed by atoms with van der Waals surface area (Å²) in [6, 6.07) is 4.48. The summed E-state index contributed by atoms with van der Waals surface area (Å²) in [6.07, 6.45) is 1.29. The monoisotopic (exact) mass is 374 g/mol. The Labute approximate surface area is 148 Å². The molecule has 0 aliphatic carbocycles. The highest BCUT2D eigenvalue weighted by Crippen LogP contribution is 2.29. The Balaban J connectivity index is 2.09. The molecular weight excluding hydrogens is 352 g/mol. The van der Waals surface area contributed by atoms with Crippen LogP contribution in [0.2, 0.25) is 5.02 Å². The van der Waals surface area contributed by atoms with Gasteiger partial charge < -0.3 is 9.64 Å². The van der Waals surface area contributed by atoms with E-state index in [2.05, 4.69) is 0 Å². The van der Waals surface area contributed by atoms with Crippen LogP contribution in [0.1, 0.15) is 26.7 Å². The average Bonchev–Trinajstić information content (AvgIpc) is 2.57. The van der Waals surface area contributed by atoms with E-state index in [-0.39, 0.29) is 15.8 Å². The van der Waals surface area contributed by atoms with Crippen LogP contribution in [0.25, 0.3) is 0 Å². The third-order valence-electron chi connectivity index (χ3n) is 3.90. The number of carbonyl (C=O) groups is 1. The predicted molar refractivity (Wildman–Crippen MR) is 92.9 cm³/mol. The second-order valence-electron chi connectivity index (χ2n) is 5.56. The van der Waals surface area contributed by atoms with Crippen molar-refractivity contribution in [3.8, 4) is 5.75 Å². The molecule has 0 N–H and O–H groups in total. The lowest BCUT2D eigenvalue weighted by molar-refractivity contribution is -0.132. The van der Waals surface area contributed by atoms with Crippen LogP contribution in [0, 0.1) is 0 Å². The van der Waals surface area contributed by atoms with Gasteiger partial charge in [-0.2, -0.15) is 4.31 Å². The highest BCUT2D eigenvalue weighted by atomic mass is 35.5. The maximum Gasteiger partial charge on any atom is 0.243 e. The van der Waals surface area contributed by atoms with Gasteiger partial charge in [0, 0.05) is 32.6 Å². The van der Waals surface area contributed by atoms with Gasteiger partial charge in [-0.25, -0.2) is 8.42 Å². The lowest BCUT2D eigenvalue weighted by Gasteiger charge is -2.34. The zero-order valence-electron chi connectivity index (χ0n) is 14.0. The normalized spacial score (nSPS) is 16.2. The average molecular weight is 375 g/mol. The van der Waals surface area contributed by atoms with Gasteiger partial charge in [0.25, 0.3) is 0 Å². The van der Waals surface area contributed by atoms with Gasteiger partial charge in [-0.15, -0.1) is 0 Å². The summed E-state index contributed by atoms with van der Waals surface area (Å²) in [4.78, 5) is 13.8. The second-order valence-corrected chi connectivity index (χ2v) is 7.91. The third kappa shape index (κ3) is 4.20. The summed E-state index contributed by atoms with van der Waals surface area (Å²) in [5, 5.41) is 0.273. The fraction of sp³-hybridized carbons (Fsp3) is 0.562. The number of ether oxygens (including phenoxy) is 1. The number of piperazine rings is 1. The number of sulfonamides is 1. The number of nitrogens with zero attached hydrogens (tertiary/aromatic N) is 2. The van der Waals surface area contributed by atoms with Gasteiger partial charge >= 0.3 is 0 Å². The standard InChI is InChI=1S/C16H23ClN2O4S/c1-3-5-16(20)18-8-10-19(11-9-18)24(21,22)13-6-7-15(23-4-2)14(17)12-13/h6-7,12H,3-5,8-11H2,1-2H3. The van der Waals surface area contributed by atoms with E-state index in [1.54, 1.807) is 11.0 Å². The summed E-state index contributed by atoms with van der Waals surface area (Å²) < 4.78 is 32.2. The fourth-order valence-corrected chi connectivity index (χ4v) is 4.36. The Hall–Kier alpha value is -1.31. The molecule has 0 atom stereocenters. The molecule has 1 aliphatic rings. The lowest BCUT2D eigenvalue weighted by Crippen LogP contribution is -2.50. The van der Waals surface area contributed by atoms with Gasteiger partial charge in [0.1, 0.15) is 5.75 Å². The molecule has 0 radical (unpaired) electrons. The molecule has 8 heteroatoms. The van der Waals surface area contributed by atoms with Crippen molar-refractivity contribution in [2.75, 3.05) is 32.8 Å². The van der Waals surface area contributed by atoms with Gasteiger partial charge in [-0.1, -0.05) is 18.5 Å². The minimum atomic E-state index is -3.62. The van der Waals surface area contributed by atoms with Crippen LogP contribution in [-0.2, 0) is 14.8 Å². The number of hydrogen-bond donors (Lipinski definition) is 0. The molecule has 0 bridgehead atoms. The summed E-state index contributed by atoms with van der Waals surface area (Å²) in [5.74, 6) is 0.548. The van der Waals surface area contributed by atoms with Gasteiger partial charge in [-0.05, 0) is 31.5 Å². The first-order valence-corrected chi connectivity index (χ1v) is 9.92. The van der Waals surface area contributed by atoms with E-state index in [1.165, 1.54) is 16.4 Å². The van der Waals surface area contributed by atoms with E-state index in [9.17, 15) is 13.2 Å².